The predicted molar refractivity (Wildman–Crippen MR) is 64.8 cm³/mol. The molecule has 2 N–H and O–H groups in total. The Bertz CT molecular complexity index is 310. The molecular weight excluding hydrogens is 444 g/mol. The van der Waals surface area contributed by atoms with Crippen molar-refractivity contribution in [1.82, 2.24) is 0 Å². The first-order chi connectivity index (χ1) is 8.28. The van der Waals surface area contributed by atoms with Crippen molar-refractivity contribution < 1.29 is 43.1 Å². The summed E-state index contributed by atoms with van der Waals surface area (Å²) in [7, 11) is 6.19. The molecule has 4 nitrogen and oxygen atoms in total. The molecule has 0 heterocycles. The molecule has 0 radical (unpaired) electrons. The molecule has 102 valence electrons. The zero-order valence-electron chi connectivity index (χ0n) is 11.3. The summed E-state index contributed by atoms with van der Waals surface area (Å²) in [5.41, 5.74) is -1.34. The molecule has 0 unspecified atom stereocenters. The normalized spacial score (nSPS) is 40.1. The molecule has 0 aromatic rings. The second-order valence-electron chi connectivity index (χ2n) is 5.77. The third-order valence-electron chi connectivity index (χ3n) is 4.46. The van der Waals surface area contributed by atoms with Crippen LogP contribution < -0.4 is 0 Å². The van der Waals surface area contributed by atoms with E-state index in [1.807, 2.05) is 6.92 Å². The standard InChI is InChI=1S/C12H21O4.ClH.Hg/c1-9(14)16-7-10-11(2,8-13)5-4-6-12(10,3)15;;/h5,10,13,15H,4,6-8H2,1-3H3;1H;/q;;+1/p-1/t10-,11-,12-;;/m0../s1. The molecule has 0 spiro atoms. The van der Waals surface area contributed by atoms with Gasteiger partial charge in [0.15, 0.2) is 0 Å². The van der Waals surface area contributed by atoms with Crippen molar-refractivity contribution >= 4 is 14.2 Å². The number of hydrogen-bond donors (Lipinski definition) is 2. The summed E-state index contributed by atoms with van der Waals surface area (Å²) in [6.07, 6.45) is 1.53. The maximum absolute atomic E-state index is 11.0. The summed E-state index contributed by atoms with van der Waals surface area (Å²) in [5.74, 6) is -0.611. The summed E-state index contributed by atoms with van der Waals surface area (Å²) in [6.45, 7) is 5.21. The van der Waals surface area contributed by atoms with Crippen LogP contribution in [0, 0.1) is 11.3 Å². The summed E-state index contributed by atoms with van der Waals surface area (Å²) in [5, 5.41) is 20.3. The van der Waals surface area contributed by atoms with Crippen LogP contribution >= 0.6 is 8.25 Å². The Morgan fingerprint density at radius 1 is 1.56 bits per heavy atom. The van der Waals surface area contributed by atoms with Crippen molar-refractivity contribution in [2.75, 3.05) is 13.2 Å². The number of aliphatic hydroxyl groups is 2. The monoisotopic (exact) mass is 466 g/mol. The molecule has 6 heteroatoms. The van der Waals surface area contributed by atoms with Gasteiger partial charge in [0.25, 0.3) is 0 Å². The van der Waals surface area contributed by atoms with Crippen LogP contribution in [0.4, 0.5) is 0 Å². The fourth-order valence-corrected chi connectivity index (χ4v) is 11.8. The molecule has 1 fully saturated rings. The van der Waals surface area contributed by atoms with Crippen LogP contribution in [0.5, 0.6) is 0 Å². The van der Waals surface area contributed by atoms with Gasteiger partial charge < -0.3 is 0 Å². The van der Waals surface area contributed by atoms with Crippen LogP contribution in [0.2, 0.25) is 3.43 Å². The van der Waals surface area contributed by atoms with Gasteiger partial charge >= 0.3 is 124 Å². The number of ether oxygens (including phenoxy) is 1. The van der Waals surface area contributed by atoms with E-state index in [4.69, 9.17) is 13.0 Å². The van der Waals surface area contributed by atoms with Crippen LogP contribution in [0.3, 0.4) is 0 Å². The molecule has 1 rings (SSSR count). The molecule has 0 saturated heterocycles. The Morgan fingerprint density at radius 3 is 2.61 bits per heavy atom. The predicted octanol–water partition coefficient (Wildman–Crippen LogP) is 1.73. The topological polar surface area (TPSA) is 66.8 Å². The molecule has 0 amide bonds. The number of hydrogen-bond acceptors (Lipinski definition) is 4. The van der Waals surface area contributed by atoms with Crippen LogP contribution in [-0.4, -0.2) is 35.0 Å². The summed E-state index contributed by atoms with van der Waals surface area (Å²) < 4.78 is 5.42. The van der Waals surface area contributed by atoms with E-state index in [2.05, 4.69) is 0 Å². The van der Waals surface area contributed by atoms with E-state index in [-0.39, 0.29) is 25.1 Å². The number of halogens is 1. The van der Waals surface area contributed by atoms with E-state index in [9.17, 15) is 15.0 Å². The second-order valence-corrected chi connectivity index (χ2v) is 13.5. The fourth-order valence-electron chi connectivity index (χ4n) is 3.03. The SMILES string of the molecule is CC(=O)OC[C@H]1[C@](C)(CO)[C@@H]([Hg][Cl])CC[C@]1(C)O. The third kappa shape index (κ3) is 3.38. The van der Waals surface area contributed by atoms with E-state index in [0.29, 0.717) is 9.85 Å². The van der Waals surface area contributed by atoms with Crippen LogP contribution in [-0.2, 0) is 32.9 Å². The molecule has 0 aliphatic heterocycles. The Morgan fingerprint density at radius 2 is 2.17 bits per heavy atom. The molecule has 18 heavy (non-hydrogen) atoms. The maximum atomic E-state index is 11.0. The number of rotatable bonds is 4. The van der Waals surface area contributed by atoms with Crippen LogP contribution in [0.1, 0.15) is 33.6 Å². The van der Waals surface area contributed by atoms with E-state index >= 15 is 0 Å². The molecular formula is C12H21ClHgO4. The van der Waals surface area contributed by atoms with E-state index in [1.165, 1.54) is 6.92 Å². The van der Waals surface area contributed by atoms with Crippen LogP contribution in [0.25, 0.3) is 0 Å². The Balaban J connectivity index is 2.97. The van der Waals surface area contributed by atoms with Gasteiger partial charge in [0.1, 0.15) is 0 Å². The van der Waals surface area contributed by atoms with Crippen molar-refractivity contribution in [2.45, 2.75) is 42.6 Å². The van der Waals surface area contributed by atoms with Gasteiger partial charge in [0.2, 0.25) is 0 Å². The van der Waals surface area contributed by atoms with Crippen molar-refractivity contribution in [3.8, 4) is 0 Å². The first-order valence-corrected chi connectivity index (χ1v) is 16.2. The van der Waals surface area contributed by atoms with E-state index in [1.54, 1.807) is 6.92 Å². The van der Waals surface area contributed by atoms with Gasteiger partial charge in [-0.3, -0.25) is 0 Å². The summed E-state index contributed by atoms with van der Waals surface area (Å²) in [6, 6.07) is 0. The number of carbonyl (C=O) groups is 1. The Kier molecular flexibility index (Phi) is 5.91. The van der Waals surface area contributed by atoms with Gasteiger partial charge in [0, 0.05) is 0 Å². The van der Waals surface area contributed by atoms with E-state index in [0.717, 1.165) is 6.42 Å². The van der Waals surface area contributed by atoms with Crippen molar-refractivity contribution in [2.24, 2.45) is 11.3 Å². The van der Waals surface area contributed by atoms with E-state index < -0.39 is 34.4 Å². The quantitative estimate of drug-likeness (QED) is 0.491. The van der Waals surface area contributed by atoms with Crippen LogP contribution in [0.15, 0.2) is 0 Å². The molecule has 1 aliphatic rings. The molecule has 0 aromatic heterocycles. The van der Waals surface area contributed by atoms with Crippen molar-refractivity contribution in [3.63, 3.8) is 0 Å². The first kappa shape index (κ1) is 16.7. The third-order valence-corrected chi connectivity index (χ3v) is 14.4. The number of esters is 1. The molecule has 1 aliphatic carbocycles. The average molecular weight is 465 g/mol. The van der Waals surface area contributed by atoms with Gasteiger partial charge in [0.05, 0.1) is 0 Å². The van der Waals surface area contributed by atoms with Gasteiger partial charge in [-0.1, -0.05) is 0 Å². The zero-order chi connectivity index (χ0) is 14.0. The van der Waals surface area contributed by atoms with Gasteiger partial charge in [-0.15, -0.1) is 0 Å². The fraction of sp³-hybridized carbons (Fsp3) is 0.917. The summed E-state index contributed by atoms with van der Waals surface area (Å²) in [4.78, 5) is 11.0. The summed E-state index contributed by atoms with van der Waals surface area (Å²) >= 11 is -1.55. The molecule has 0 bridgehead atoms. The second kappa shape index (κ2) is 6.38. The Hall–Kier alpha value is 0.615. The minimum atomic E-state index is -1.55. The minimum absolute atomic E-state index is 0.0214. The average Bonchev–Trinajstić information content (AvgIpc) is 2.27. The molecule has 1 saturated carbocycles. The molecule has 0 aromatic carbocycles. The van der Waals surface area contributed by atoms with Gasteiger partial charge in [-0.2, -0.15) is 0 Å². The zero-order valence-corrected chi connectivity index (χ0v) is 17.5. The Labute approximate surface area is 124 Å². The number of aliphatic hydroxyl groups excluding tert-OH is 1. The van der Waals surface area contributed by atoms with Gasteiger partial charge in [-0.05, 0) is 0 Å². The van der Waals surface area contributed by atoms with Crippen molar-refractivity contribution in [1.29, 1.82) is 0 Å². The molecule has 4 atom stereocenters. The van der Waals surface area contributed by atoms with Crippen molar-refractivity contribution in [3.05, 3.63) is 0 Å². The first-order valence-electron chi connectivity index (χ1n) is 6.30. The van der Waals surface area contributed by atoms with Gasteiger partial charge in [-0.25, -0.2) is 0 Å². The number of carbonyl (C=O) groups excluding carboxylic acids is 1.